The first-order chi connectivity index (χ1) is 8.70. The van der Waals surface area contributed by atoms with Crippen molar-refractivity contribution >= 4 is 11.8 Å². The largest absolute Gasteiger partial charge is 0.312 e. The maximum atomic E-state index is 13.6. The van der Waals surface area contributed by atoms with Crippen molar-refractivity contribution in [3.05, 3.63) is 34.9 Å². The minimum absolute atomic E-state index is 0.0136. The molecule has 0 aromatic heterocycles. The first-order valence-corrected chi connectivity index (χ1v) is 7.02. The third-order valence-electron chi connectivity index (χ3n) is 3.03. The maximum Gasteiger partial charge on any atom is 0.131 e. The summed E-state index contributed by atoms with van der Waals surface area (Å²) in [6.45, 7) is 0.955. The Balaban J connectivity index is 1.94. The van der Waals surface area contributed by atoms with E-state index >= 15 is 0 Å². The van der Waals surface area contributed by atoms with E-state index in [9.17, 15) is 8.78 Å². The number of thioether (sulfide) groups is 1. The molecule has 1 saturated heterocycles. The Morgan fingerprint density at radius 2 is 2.11 bits per heavy atom. The quantitative estimate of drug-likeness (QED) is 0.912. The van der Waals surface area contributed by atoms with Crippen LogP contribution in [0.15, 0.2) is 12.1 Å². The standard InChI is InChI=1S/C13H14F2N2S/c14-12-3-10(5-16)4-13(15)11(12)7-17-6-9-1-2-18-8-9/h3-4,9,17H,1-2,6-8H2. The smallest absolute Gasteiger partial charge is 0.131 e. The summed E-state index contributed by atoms with van der Waals surface area (Å²) in [6, 6.07) is 3.88. The van der Waals surface area contributed by atoms with Gasteiger partial charge in [-0.15, -0.1) is 0 Å². The Kier molecular flexibility index (Phi) is 4.56. The number of nitriles is 1. The van der Waals surface area contributed by atoms with Gasteiger partial charge in [-0.1, -0.05) is 0 Å². The fraction of sp³-hybridized carbons (Fsp3) is 0.462. The molecule has 1 fully saturated rings. The van der Waals surface area contributed by atoms with E-state index in [0.29, 0.717) is 5.92 Å². The molecule has 0 bridgehead atoms. The summed E-state index contributed by atoms with van der Waals surface area (Å²) in [5, 5.41) is 11.7. The Labute approximate surface area is 109 Å². The molecule has 0 aliphatic carbocycles. The highest BCUT2D eigenvalue weighted by molar-refractivity contribution is 7.99. The second kappa shape index (κ2) is 6.17. The molecule has 2 rings (SSSR count). The molecule has 96 valence electrons. The monoisotopic (exact) mass is 268 g/mol. The summed E-state index contributed by atoms with van der Waals surface area (Å²) < 4.78 is 27.1. The Morgan fingerprint density at radius 3 is 2.67 bits per heavy atom. The van der Waals surface area contributed by atoms with Gasteiger partial charge in [0.1, 0.15) is 11.6 Å². The molecular weight excluding hydrogens is 254 g/mol. The van der Waals surface area contributed by atoms with Gasteiger partial charge in [-0.3, -0.25) is 0 Å². The van der Waals surface area contributed by atoms with Gasteiger partial charge in [0.15, 0.2) is 0 Å². The van der Waals surface area contributed by atoms with E-state index in [1.54, 1.807) is 6.07 Å². The summed E-state index contributed by atoms with van der Waals surface area (Å²) in [6.07, 6.45) is 1.16. The zero-order valence-electron chi connectivity index (χ0n) is 9.88. The van der Waals surface area contributed by atoms with Gasteiger partial charge in [-0.25, -0.2) is 8.78 Å². The molecule has 0 saturated carbocycles. The summed E-state index contributed by atoms with van der Waals surface area (Å²) in [5.41, 5.74) is 0.0283. The highest BCUT2D eigenvalue weighted by Crippen LogP contribution is 2.22. The molecule has 1 aromatic carbocycles. The first kappa shape index (κ1) is 13.3. The molecule has 1 heterocycles. The molecule has 1 atom stereocenters. The highest BCUT2D eigenvalue weighted by atomic mass is 32.2. The Hall–Kier alpha value is -1.12. The summed E-state index contributed by atoms with van der Waals surface area (Å²) in [4.78, 5) is 0. The van der Waals surface area contributed by atoms with Crippen LogP contribution in [0.1, 0.15) is 17.5 Å². The topological polar surface area (TPSA) is 35.8 Å². The molecule has 0 radical (unpaired) electrons. The van der Waals surface area contributed by atoms with Crippen molar-refractivity contribution in [3.8, 4) is 6.07 Å². The third kappa shape index (κ3) is 3.21. The molecule has 1 aliphatic heterocycles. The van der Waals surface area contributed by atoms with E-state index in [-0.39, 0.29) is 17.7 Å². The predicted molar refractivity (Wildman–Crippen MR) is 68.2 cm³/mol. The maximum absolute atomic E-state index is 13.6. The van der Waals surface area contributed by atoms with Gasteiger partial charge in [0.25, 0.3) is 0 Å². The van der Waals surface area contributed by atoms with E-state index in [2.05, 4.69) is 5.32 Å². The van der Waals surface area contributed by atoms with Gasteiger partial charge in [-0.05, 0) is 42.5 Å². The number of nitrogens with zero attached hydrogens (tertiary/aromatic N) is 1. The van der Waals surface area contributed by atoms with Crippen molar-refractivity contribution < 1.29 is 8.78 Å². The van der Waals surface area contributed by atoms with E-state index in [1.807, 2.05) is 11.8 Å². The normalized spacial score (nSPS) is 18.8. The minimum atomic E-state index is -0.653. The van der Waals surface area contributed by atoms with Gasteiger partial charge in [0, 0.05) is 12.1 Å². The van der Waals surface area contributed by atoms with Crippen LogP contribution in [-0.4, -0.2) is 18.1 Å². The van der Waals surface area contributed by atoms with Crippen molar-refractivity contribution in [2.75, 3.05) is 18.1 Å². The van der Waals surface area contributed by atoms with Gasteiger partial charge < -0.3 is 5.32 Å². The Morgan fingerprint density at radius 1 is 1.39 bits per heavy atom. The summed E-state index contributed by atoms with van der Waals surface area (Å²) >= 11 is 1.92. The number of hydrogen-bond acceptors (Lipinski definition) is 3. The second-order valence-electron chi connectivity index (χ2n) is 4.39. The van der Waals surface area contributed by atoms with Gasteiger partial charge in [-0.2, -0.15) is 17.0 Å². The lowest BCUT2D eigenvalue weighted by molar-refractivity contribution is 0.494. The van der Waals surface area contributed by atoms with E-state index in [0.717, 1.165) is 30.9 Å². The van der Waals surface area contributed by atoms with E-state index < -0.39 is 11.6 Å². The average molecular weight is 268 g/mol. The van der Waals surface area contributed by atoms with Crippen LogP contribution < -0.4 is 5.32 Å². The molecule has 18 heavy (non-hydrogen) atoms. The lowest BCUT2D eigenvalue weighted by atomic mass is 10.1. The number of halogens is 2. The van der Waals surface area contributed by atoms with Crippen LogP contribution in [0.2, 0.25) is 0 Å². The van der Waals surface area contributed by atoms with Gasteiger partial charge in [0.05, 0.1) is 11.6 Å². The van der Waals surface area contributed by atoms with E-state index in [4.69, 9.17) is 5.26 Å². The molecule has 0 spiro atoms. The van der Waals surface area contributed by atoms with Crippen molar-refractivity contribution in [2.45, 2.75) is 13.0 Å². The van der Waals surface area contributed by atoms with Crippen LogP contribution in [0.25, 0.3) is 0 Å². The molecule has 0 amide bonds. The second-order valence-corrected chi connectivity index (χ2v) is 5.54. The van der Waals surface area contributed by atoms with Crippen LogP contribution in [0.3, 0.4) is 0 Å². The molecular formula is C13H14F2N2S. The molecule has 5 heteroatoms. The van der Waals surface area contributed by atoms with Crippen LogP contribution in [-0.2, 0) is 6.54 Å². The molecule has 1 aromatic rings. The first-order valence-electron chi connectivity index (χ1n) is 5.87. The fourth-order valence-corrected chi connectivity index (χ4v) is 3.27. The summed E-state index contributed by atoms with van der Waals surface area (Å²) in [5.74, 6) is 1.58. The highest BCUT2D eigenvalue weighted by Gasteiger charge is 2.16. The van der Waals surface area contributed by atoms with Crippen LogP contribution in [0.5, 0.6) is 0 Å². The third-order valence-corrected chi connectivity index (χ3v) is 4.26. The van der Waals surface area contributed by atoms with Gasteiger partial charge >= 0.3 is 0 Å². The van der Waals surface area contributed by atoms with Crippen molar-refractivity contribution in [2.24, 2.45) is 5.92 Å². The predicted octanol–water partition coefficient (Wildman–Crippen LogP) is 2.68. The van der Waals surface area contributed by atoms with Crippen molar-refractivity contribution in [1.29, 1.82) is 5.26 Å². The minimum Gasteiger partial charge on any atom is -0.312 e. The van der Waals surface area contributed by atoms with Crippen LogP contribution in [0, 0.1) is 28.9 Å². The molecule has 2 nitrogen and oxygen atoms in total. The zero-order valence-corrected chi connectivity index (χ0v) is 10.7. The average Bonchev–Trinajstić information content (AvgIpc) is 2.85. The zero-order chi connectivity index (χ0) is 13.0. The summed E-state index contributed by atoms with van der Waals surface area (Å²) in [7, 11) is 0. The lowest BCUT2D eigenvalue weighted by Crippen LogP contribution is -2.23. The number of hydrogen-bond donors (Lipinski definition) is 1. The fourth-order valence-electron chi connectivity index (χ4n) is 1.98. The number of rotatable bonds is 4. The van der Waals surface area contributed by atoms with Crippen molar-refractivity contribution in [1.82, 2.24) is 5.32 Å². The lowest BCUT2D eigenvalue weighted by Gasteiger charge is -2.11. The van der Waals surface area contributed by atoms with Gasteiger partial charge in [0.2, 0.25) is 0 Å². The molecule has 1 unspecified atom stereocenters. The molecule has 1 N–H and O–H groups in total. The molecule has 1 aliphatic rings. The SMILES string of the molecule is N#Cc1cc(F)c(CNCC2CCSC2)c(F)c1. The van der Waals surface area contributed by atoms with Crippen molar-refractivity contribution in [3.63, 3.8) is 0 Å². The number of nitrogens with one attached hydrogen (secondary N) is 1. The Bertz CT molecular complexity index is 442. The van der Waals surface area contributed by atoms with E-state index in [1.165, 1.54) is 5.75 Å². The van der Waals surface area contributed by atoms with Crippen LogP contribution >= 0.6 is 11.8 Å². The van der Waals surface area contributed by atoms with Crippen LogP contribution in [0.4, 0.5) is 8.78 Å². The number of benzene rings is 1.